The van der Waals surface area contributed by atoms with Gasteiger partial charge in [0, 0.05) is 47.0 Å². The zero-order chi connectivity index (χ0) is 18.9. The highest BCUT2D eigenvalue weighted by Gasteiger charge is 2.62. The van der Waals surface area contributed by atoms with Crippen LogP contribution in [0.3, 0.4) is 0 Å². The van der Waals surface area contributed by atoms with Crippen molar-refractivity contribution in [2.24, 2.45) is 0 Å². The number of fused-ring (bicyclic) bond motifs is 6. The number of nitrogens with zero attached hydrogens (tertiary/aromatic N) is 4. The molecular formula is C22H12Br2N4. The van der Waals surface area contributed by atoms with Gasteiger partial charge in [0.2, 0.25) is 0 Å². The maximum absolute atomic E-state index is 4.67. The van der Waals surface area contributed by atoms with Crippen molar-refractivity contribution in [2.45, 2.75) is 8.65 Å². The number of hydrogen-bond donors (Lipinski definition) is 0. The van der Waals surface area contributed by atoms with E-state index >= 15 is 0 Å². The van der Waals surface area contributed by atoms with Gasteiger partial charge in [0.1, 0.15) is 8.65 Å². The van der Waals surface area contributed by atoms with Crippen molar-refractivity contribution in [3.63, 3.8) is 0 Å². The lowest BCUT2D eigenvalue weighted by Gasteiger charge is -2.40. The first-order valence-electron chi connectivity index (χ1n) is 8.88. The third-order valence-electron chi connectivity index (χ3n) is 5.64. The highest BCUT2D eigenvalue weighted by molar-refractivity contribution is 9.12. The summed E-state index contributed by atoms with van der Waals surface area (Å²) in [5.41, 5.74) is 7.90. The topological polar surface area (TPSA) is 51.6 Å². The molecule has 4 aromatic rings. The van der Waals surface area contributed by atoms with Crippen LogP contribution < -0.4 is 0 Å². The molecule has 0 atom stereocenters. The van der Waals surface area contributed by atoms with Gasteiger partial charge in [-0.15, -0.1) is 0 Å². The van der Waals surface area contributed by atoms with E-state index in [0.29, 0.717) is 0 Å². The van der Waals surface area contributed by atoms with Crippen LogP contribution in [0.2, 0.25) is 0 Å². The van der Waals surface area contributed by atoms with E-state index in [0.717, 1.165) is 45.0 Å². The zero-order valence-electron chi connectivity index (χ0n) is 14.5. The van der Waals surface area contributed by atoms with Gasteiger partial charge in [-0.2, -0.15) is 0 Å². The highest BCUT2D eigenvalue weighted by Crippen LogP contribution is 2.68. The molecule has 28 heavy (non-hydrogen) atoms. The number of pyridine rings is 4. The summed E-state index contributed by atoms with van der Waals surface area (Å²) in [4.78, 5) is 18.7. The molecule has 4 heterocycles. The van der Waals surface area contributed by atoms with Crippen molar-refractivity contribution >= 4 is 31.9 Å². The Balaban J connectivity index is 1.78. The summed E-state index contributed by atoms with van der Waals surface area (Å²) in [5, 5.41) is 0. The van der Waals surface area contributed by atoms with Gasteiger partial charge in [0.15, 0.2) is 0 Å². The molecule has 134 valence electrons. The quantitative estimate of drug-likeness (QED) is 0.343. The molecule has 0 saturated heterocycles. The predicted octanol–water partition coefficient (Wildman–Crippen LogP) is 5.20. The van der Waals surface area contributed by atoms with Gasteiger partial charge in [-0.1, -0.05) is 56.1 Å². The molecule has 0 fully saturated rings. The Hall–Kier alpha value is -2.44. The molecule has 0 bridgehead atoms. The Labute approximate surface area is 178 Å². The SMILES string of the molecule is BrC1(C2(Br)c3cccnc3-c3ncccc32)c2cccnc2-c2ncccc21. The molecular weight excluding hydrogens is 480 g/mol. The Morgan fingerprint density at radius 1 is 0.464 bits per heavy atom. The second kappa shape index (κ2) is 5.55. The number of aromatic nitrogens is 4. The molecule has 0 spiro atoms. The van der Waals surface area contributed by atoms with Crippen LogP contribution in [0.4, 0.5) is 0 Å². The lowest BCUT2D eigenvalue weighted by Crippen LogP contribution is -2.39. The summed E-state index contributed by atoms with van der Waals surface area (Å²) in [6.45, 7) is 0. The molecule has 6 heteroatoms. The number of hydrogen-bond acceptors (Lipinski definition) is 4. The van der Waals surface area contributed by atoms with E-state index in [1.54, 1.807) is 0 Å². The molecule has 0 aromatic carbocycles. The Morgan fingerprint density at radius 3 is 0.964 bits per heavy atom. The lowest BCUT2D eigenvalue weighted by molar-refractivity contribution is 0.631. The second-order valence-electron chi connectivity index (χ2n) is 6.92. The zero-order valence-corrected chi connectivity index (χ0v) is 17.6. The molecule has 4 nitrogen and oxygen atoms in total. The molecule has 4 aromatic heterocycles. The third-order valence-corrected chi connectivity index (χ3v) is 9.07. The first-order chi connectivity index (χ1) is 13.7. The van der Waals surface area contributed by atoms with Crippen molar-refractivity contribution in [3.05, 3.63) is 95.6 Å². The third kappa shape index (κ3) is 1.76. The minimum atomic E-state index is -0.612. The summed E-state index contributed by atoms with van der Waals surface area (Å²) in [5.74, 6) is 0. The fourth-order valence-electron chi connectivity index (χ4n) is 4.52. The van der Waals surface area contributed by atoms with E-state index in [1.165, 1.54) is 0 Å². The van der Waals surface area contributed by atoms with E-state index < -0.39 is 8.65 Å². The van der Waals surface area contributed by atoms with Gasteiger partial charge in [-0.25, -0.2) is 0 Å². The molecule has 0 aliphatic heterocycles. The van der Waals surface area contributed by atoms with Gasteiger partial charge < -0.3 is 0 Å². The van der Waals surface area contributed by atoms with E-state index in [4.69, 9.17) is 0 Å². The Kier molecular flexibility index (Phi) is 3.27. The summed E-state index contributed by atoms with van der Waals surface area (Å²) in [6.07, 6.45) is 7.26. The molecule has 0 N–H and O–H groups in total. The predicted molar refractivity (Wildman–Crippen MR) is 114 cm³/mol. The number of halogens is 2. The second-order valence-corrected chi connectivity index (χ2v) is 9.29. The average molecular weight is 492 g/mol. The molecule has 0 unspecified atom stereocenters. The molecule has 6 rings (SSSR count). The largest absolute Gasteiger partial charge is 0.254 e. The maximum Gasteiger partial charge on any atom is 0.103 e. The molecule has 0 amide bonds. The monoisotopic (exact) mass is 490 g/mol. The van der Waals surface area contributed by atoms with Crippen molar-refractivity contribution in [1.29, 1.82) is 0 Å². The molecule has 2 aliphatic rings. The number of alkyl halides is 2. The minimum Gasteiger partial charge on any atom is -0.254 e. The van der Waals surface area contributed by atoms with Crippen LogP contribution >= 0.6 is 31.9 Å². The summed E-state index contributed by atoms with van der Waals surface area (Å²) < 4.78 is -1.22. The van der Waals surface area contributed by atoms with Gasteiger partial charge in [0.25, 0.3) is 0 Å². The van der Waals surface area contributed by atoms with E-state index in [9.17, 15) is 0 Å². The first-order valence-corrected chi connectivity index (χ1v) is 10.5. The fraction of sp³-hybridized carbons (Fsp3) is 0.0909. The van der Waals surface area contributed by atoms with Crippen molar-refractivity contribution in [3.8, 4) is 22.8 Å². The van der Waals surface area contributed by atoms with Gasteiger partial charge >= 0.3 is 0 Å². The van der Waals surface area contributed by atoms with Gasteiger partial charge in [-0.3, -0.25) is 19.9 Å². The van der Waals surface area contributed by atoms with Crippen molar-refractivity contribution in [1.82, 2.24) is 19.9 Å². The van der Waals surface area contributed by atoms with Crippen LogP contribution in [-0.2, 0) is 8.65 Å². The summed E-state index contributed by atoms with van der Waals surface area (Å²) in [6, 6.07) is 16.4. The van der Waals surface area contributed by atoms with E-state index in [-0.39, 0.29) is 0 Å². The van der Waals surface area contributed by atoms with Crippen molar-refractivity contribution < 1.29 is 0 Å². The normalized spacial score (nSPS) is 16.8. The van der Waals surface area contributed by atoms with Crippen LogP contribution in [0.1, 0.15) is 22.3 Å². The van der Waals surface area contributed by atoms with E-state index in [2.05, 4.69) is 76.1 Å². The van der Waals surface area contributed by atoms with Crippen LogP contribution in [0.5, 0.6) is 0 Å². The highest BCUT2D eigenvalue weighted by atomic mass is 79.9. The first kappa shape index (κ1) is 16.5. The van der Waals surface area contributed by atoms with Crippen LogP contribution in [0.25, 0.3) is 22.8 Å². The summed E-state index contributed by atoms with van der Waals surface area (Å²) in [7, 11) is 0. The van der Waals surface area contributed by atoms with E-state index in [1.807, 2.05) is 49.1 Å². The molecule has 0 saturated carbocycles. The standard InChI is InChI=1S/C22H12Br2N4/c23-21(13-5-1-9-25-17(13)18-14(21)6-2-10-26-18)22(24)15-7-3-11-27-19(15)20-16(22)8-4-12-28-20/h1-12H. The average Bonchev–Trinajstić information content (AvgIpc) is 3.19. The smallest absolute Gasteiger partial charge is 0.103 e. The maximum atomic E-state index is 4.67. The van der Waals surface area contributed by atoms with Crippen LogP contribution in [-0.4, -0.2) is 19.9 Å². The minimum absolute atomic E-state index is 0.612. The Morgan fingerprint density at radius 2 is 0.714 bits per heavy atom. The molecule has 2 aliphatic carbocycles. The Bertz CT molecular complexity index is 1080. The fourth-order valence-corrected chi connectivity index (χ4v) is 6.65. The van der Waals surface area contributed by atoms with Crippen LogP contribution in [0, 0.1) is 0 Å². The lowest BCUT2D eigenvalue weighted by atomic mass is 9.78. The van der Waals surface area contributed by atoms with Gasteiger partial charge in [-0.05, 0) is 24.3 Å². The molecule has 0 radical (unpaired) electrons. The van der Waals surface area contributed by atoms with Crippen molar-refractivity contribution in [2.75, 3.05) is 0 Å². The number of rotatable bonds is 1. The summed E-state index contributed by atoms with van der Waals surface area (Å²) >= 11 is 8.37. The van der Waals surface area contributed by atoms with Crippen LogP contribution in [0.15, 0.2) is 73.3 Å². The van der Waals surface area contributed by atoms with Gasteiger partial charge in [0.05, 0.1) is 22.8 Å².